The molecule has 0 aliphatic heterocycles. The first-order valence-electron chi connectivity index (χ1n) is 7.40. The lowest BCUT2D eigenvalue weighted by atomic mass is 10.2. The molecule has 2 N–H and O–H groups in total. The number of rotatable bonds is 3. The molecular weight excluding hydrogens is 306 g/mol. The fraction of sp³-hybridized carbons (Fsp3) is 0.176. The fourth-order valence-corrected chi connectivity index (χ4v) is 2.33. The van der Waals surface area contributed by atoms with E-state index < -0.39 is 5.97 Å². The van der Waals surface area contributed by atoms with Gasteiger partial charge in [0.25, 0.3) is 5.95 Å². The highest BCUT2D eigenvalue weighted by atomic mass is 16.5. The number of nitrogens with zero attached hydrogens (tertiary/aromatic N) is 4. The van der Waals surface area contributed by atoms with Gasteiger partial charge in [-0.3, -0.25) is 0 Å². The zero-order valence-corrected chi connectivity index (χ0v) is 13.6. The van der Waals surface area contributed by atoms with Crippen LogP contribution in [0.2, 0.25) is 0 Å². The summed E-state index contributed by atoms with van der Waals surface area (Å²) in [5.74, 6) is 0.0359. The lowest BCUT2D eigenvalue weighted by Gasteiger charge is -2.08. The Hall–Kier alpha value is -3.22. The summed E-state index contributed by atoms with van der Waals surface area (Å²) in [6, 6.07) is 10.2. The van der Waals surface area contributed by atoms with E-state index in [1.807, 2.05) is 19.9 Å². The van der Waals surface area contributed by atoms with Crippen LogP contribution in [0.4, 0.5) is 5.69 Å². The topological polar surface area (TPSA) is 95.9 Å². The summed E-state index contributed by atoms with van der Waals surface area (Å²) in [6.07, 6.45) is 0. The standard InChI is InChI=1S/C17H17N5O2/c1-10-8-11(2)20-17(19-10)22-15(9-12(3)21-22)24-16(23)13-6-4-5-7-14(13)18/h4-9H,18H2,1-3H3. The van der Waals surface area contributed by atoms with Gasteiger partial charge in [-0.2, -0.15) is 9.78 Å². The molecule has 2 heterocycles. The molecule has 3 aromatic rings. The molecule has 0 saturated heterocycles. The Kier molecular flexibility index (Phi) is 3.99. The van der Waals surface area contributed by atoms with Crippen molar-refractivity contribution < 1.29 is 9.53 Å². The summed E-state index contributed by atoms with van der Waals surface area (Å²) >= 11 is 0. The molecule has 2 aromatic heterocycles. The van der Waals surface area contributed by atoms with Gasteiger partial charge in [0.1, 0.15) is 0 Å². The van der Waals surface area contributed by atoms with E-state index in [1.54, 1.807) is 37.3 Å². The summed E-state index contributed by atoms with van der Waals surface area (Å²) < 4.78 is 6.88. The second kappa shape index (κ2) is 6.11. The number of esters is 1. The largest absolute Gasteiger partial charge is 0.404 e. The van der Waals surface area contributed by atoms with Gasteiger partial charge in [0, 0.05) is 23.1 Å². The smallest absolute Gasteiger partial charge is 0.346 e. The van der Waals surface area contributed by atoms with E-state index >= 15 is 0 Å². The second-order valence-electron chi connectivity index (χ2n) is 5.46. The summed E-state index contributed by atoms with van der Waals surface area (Å²) in [7, 11) is 0. The maximum absolute atomic E-state index is 12.4. The van der Waals surface area contributed by atoms with Crippen molar-refractivity contribution in [2.45, 2.75) is 20.8 Å². The van der Waals surface area contributed by atoms with Gasteiger partial charge < -0.3 is 10.5 Å². The molecule has 7 heteroatoms. The number of ether oxygens (including phenoxy) is 1. The Balaban J connectivity index is 1.98. The minimum Gasteiger partial charge on any atom is -0.404 e. The number of anilines is 1. The lowest BCUT2D eigenvalue weighted by Crippen LogP contribution is -2.15. The number of nitrogen functional groups attached to an aromatic ring is 1. The van der Waals surface area contributed by atoms with Crippen LogP contribution in [0.3, 0.4) is 0 Å². The van der Waals surface area contributed by atoms with Crippen molar-refractivity contribution in [1.82, 2.24) is 19.7 Å². The molecule has 0 radical (unpaired) electrons. The zero-order chi connectivity index (χ0) is 17.3. The van der Waals surface area contributed by atoms with Gasteiger partial charge in [0.15, 0.2) is 0 Å². The third-order valence-corrected chi connectivity index (χ3v) is 3.34. The van der Waals surface area contributed by atoms with Crippen LogP contribution in [-0.4, -0.2) is 25.7 Å². The summed E-state index contributed by atoms with van der Waals surface area (Å²) in [5, 5.41) is 4.32. The molecule has 0 unspecified atom stereocenters. The first kappa shape index (κ1) is 15.7. The van der Waals surface area contributed by atoms with Crippen molar-refractivity contribution in [3.8, 4) is 11.8 Å². The molecule has 0 atom stereocenters. The molecule has 0 saturated carbocycles. The number of aromatic nitrogens is 4. The Labute approximate surface area is 139 Å². The van der Waals surface area contributed by atoms with Crippen molar-refractivity contribution in [3.63, 3.8) is 0 Å². The van der Waals surface area contributed by atoms with Gasteiger partial charge in [-0.1, -0.05) is 12.1 Å². The normalized spacial score (nSPS) is 10.6. The highest BCUT2D eigenvalue weighted by molar-refractivity contribution is 5.96. The van der Waals surface area contributed by atoms with Crippen molar-refractivity contribution in [2.24, 2.45) is 0 Å². The van der Waals surface area contributed by atoms with Gasteiger partial charge in [-0.05, 0) is 39.0 Å². The van der Waals surface area contributed by atoms with Crippen molar-refractivity contribution >= 4 is 11.7 Å². The predicted octanol–water partition coefficient (Wildman–Crippen LogP) is 2.39. The number of hydrogen-bond acceptors (Lipinski definition) is 6. The average molecular weight is 323 g/mol. The van der Waals surface area contributed by atoms with Crippen LogP contribution in [0, 0.1) is 20.8 Å². The predicted molar refractivity (Wildman–Crippen MR) is 89.2 cm³/mol. The summed E-state index contributed by atoms with van der Waals surface area (Å²) in [4.78, 5) is 21.1. The van der Waals surface area contributed by atoms with Crippen molar-refractivity contribution in [2.75, 3.05) is 5.73 Å². The monoisotopic (exact) mass is 323 g/mol. The highest BCUT2D eigenvalue weighted by Gasteiger charge is 2.18. The molecular formula is C17H17N5O2. The number of para-hydroxylation sites is 1. The molecule has 122 valence electrons. The summed E-state index contributed by atoms with van der Waals surface area (Å²) in [6.45, 7) is 5.53. The van der Waals surface area contributed by atoms with E-state index in [0.29, 0.717) is 22.9 Å². The van der Waals surface area contributed by atoms with Crippen LogP contribution >= 0.6 is 0 Å². The maximum atomic E-state index is 12.4. The van der Waals surface area contributed by atoms with Crippen LogP contribution < -0.4 is 10.5 Å². The van der Waals surface area contributed by atoms with Gasteiger partial charge in [0.05, 0.1) is 11.3 Å². The number of benzene rings is 1. The molecule has 0 aliphatic carbocycles. The number of carbonyl (C=O) groups excluding carboxylic acids is 1. The van der Waals surface area contributed by atoms with Gasteiger partial charge in [-0.15, -0.1) is 0 Å². The lowest BCUT2D eigenvalue weighted by molar-refractivity contribution is 0.0724. The molecule has 7 nitrogen and oxygen atoms in total. The molecule has 0 aliphatic rings. The van der Waals surface area contributed by atoms with E-state index in [2.05, 4.69) is 15.1 Å². The van der Waals surface area contributed by atoms with Crippen molar-refractivity contribution in [1.29, 1.82) is 0 Å². The van der Waals surface area contributed by atoms with E-state index in [0.717, 1.165) is 11.4 Å². The van der Waals surface area contributed by atoms with Crippen LogP contribution in [0.25, 0.3) is 5.95 Å². The van der Waals surface area contributed by atoms with Gasteiger partial charge in [0.2, 0.25) is 5.88 Å². The Morgan fingerprint density at radius 1 is 1.04 bits per heavy atom. The van der Waals surface area contributed by atoms with E-state index in [9.17, 15) is 4.79 Å². The van der Waals surface area contributed by atoms with Crippen molar-refractivity contribution in [3.05, 3.63) is 59.0 Å². The quantitative estimate of drug-likeness (QED) is 0.587. The maximum Gasteiger partial charge on any atom is 0.346 e. The van der Waals surface area contributed by atoms with Gasteiger partial charge >= 0.3 is 5.97 Å². The average Bonchev–Trinajstić information content (AvgIpc) is 2.87. The Bertz CT molecular complexity index is 897. The highest BCUT2D eigenvalue weighted by Crippen LogP contribution is 2.20. The minimum absolute atomic E-state index is 0.241. The second-order valence-corrected chi connectivity index (χ2v) is 5.46. The van der Waals surface area contributed by atoms with Crippen LogP contribution in [-0.2, 0) is 0 Å². The zero-order valence-electron chi connectivity index (χ0n) is 13.6. The molecule has 0 amide bonds. The first-order valence-corrected chi connectivity index (χ1v) is 7.40. The number of carbonyl (C=O) groups is 1. The SMILES string of the molecule is Cc1cc(C)nc(-n2nc(C)cc2OC(=O)c2ccccc2N)n1. The van der Waals surface area contributed by atoms with Crippen LogP contribution in [0.1, 0.15) is 27.4 Å². The molecule has 0 fully saturated rings. The Morgan fingerprint density at radius 2 is 1.71 bits per heavy atom. The Morgan fingerprint density at radius 3 is 2.38 bits per heavy atom. The van der Waals surface area contributed by atoms with E-state index in [4.69, 9.17) is 10.5 Å². The molecule has 24 heavy (non-hydrogen) atoms. The number of aryl methyl sites for hydroxylation is 3. The number of hydrogen-bond donors (Lipinski definition) is 1. The van der Waals surface area contributed by atoms with E-state index in [1.165, 1.54) is 4.68 Å². The fourth-order valence-electron chi connectivity index (χ4n) is 2.33. The number of nitrogens with two attached hydrogens (primary N) is 1. The third kappa shape index (κ3) is 3.10. The summed E-state index contributed by atoms with van der Waals surface area (Å²) in [5.41, 5.74) is 8.76. The van der Waals surface area contributed by atoms with E-state index in [-0.39, 0.29) is 5.88 Å². The molecule has 0 spiro atoms. The molecule has 1 aromatic carbocycles. The molecule has 0 bridgehead atoms. The van der Waals surface area contributed by atoms with Crippen LogP contribution in [0.15, 0.2) is 36.4 Å². The van der Waals surface area contributed by atoms with Crippen LogP contribution in [0.5, 0.6) is 5.88 Å². The molecule has 3 rings (SSSR count). The third-order valence-electron chi connectivity index (χ3n) is 3.34. The first-order chi connectivity index (χ1) is 11.4. The van der Waals surface area contributed by atoms with Gasteiger partial charge in [-0.25, -0.2) is 14.8 Å². The minimum atomic E-state index is -0.557.